The number of benzene rings is 8. The van der Waals surface area contributed by atoms with Crippen LogP contribution >= 0.6 is 0 Å². The van der Waals surface area contributed by atoms with Crippen molar-refractivity contribution in [1.82, 2.24) is 0 Å². The number of rotatable bonds is 2. The van der Waals surface area contributed by atoms with Gasteiger partial charge in [-0.15, -0.1) is 0 Å². The Kier molecular flexibility index (Phi) is 5.96. The zero-order chi connectivity index (χ0) is 36.0. The molecule has 0 amide bonds. The van der Waals surface area contributed by atoms with Crippen molar-refractivity contribution in [2.45, 2.75) is 57.8 Å². The average Bonchev–Trinajstić information content (AvgIpc) is 3.66. The summed E-state index contributed by atoms with van der Waals surface area (Å²) in [6, 6.07) is 55.7. The van der Waals surface area contributed by atoms with Crippen LogP contribution in [0.2, 0.25) is 0 Å². The van der Waals surface area contributed by atoms with Gasteiger partial charge in [0.05, 0.1) is 0 Å². The fourth-order valence-electron chi connectivity index (χ4n) is 10.6. The van der Waals surface area contributed by atoms with Gasteiger partial charge in [-0.25, -0.2) is 0 Å². The summed E-state index contributed by atoms with van der Waals surface area (Å²) in [5.41, 5.74) is 21.7. The molecule has 53 heavy (non-hydrogen) atoms. The van der Waals surface area contributed by atoms with Crippen molar-refractivity contribution >= 4 is 21.5 Å². The van der Waals surface area contributed by atoms with Crippen LogP contribution in [0, 0.1) is 0 Å². The molecule has 8 aromatic carbocycles. The maximum atomic E-state index is 2.52. The maximum absolute atomic E-state index is 2.52. The van der Waals surface area contributed by atoms with Crippen LogP contribution in [0.1, 0.15) is 74.9 Å². The first-order chi connectivity index (χ1) is 25.5. The van der Waals surface area contributed by atoms with E-state index in [1.807, 2.05) is 0 Å². The van der Waals surface area contributed by atoms with Gasteiger partial charge in [0, 0.05) is 16.2 Å². The van der Waals surface area contributed by atoms with Crippen molar-refractivity contribution in [3.8, 4) is 55.6 Å². The van der Waals surface area contributed by atoms with E-state index in [1.165, 1.54) is 111 Å². The van der Waals surface area contributed by atoms with Gasteiger partial charge in [0.1, 0.15) is 0 Å². The topological polar surface area (TPSA) is 0 Å². The summed E-state index contributed by atoms with van der Waals surface area (Å²) in [5.74, 6) is 0. The van der Waals surface area contributed by atoms with Crippen molar-refractivity contribution in [3.63, 3.8) is 0 Å². The quantitative estimate of drug-likeness (QED) is 0.171. The maximum Gasteiger partial charge on any atom is 0.0159 e. The second-order valence-electron chi connectivity index (χ2n) is 17.3. The second kappa shape index (κ2) is 10.2. The molecule has 0 saturated carbocycles. The Labute approximate surface area is 312 Å². The third-order valence-corrected chi connectivity index (χ3v) is 13.5. The minimum Gasteiger partial charge on any atom is -0.0619 e. The lowest BCUT2D eigenvalue weighted by atomic mass is 9.79. The molecule has 0 aromatic heterocycles. The first-order valence-corrected chi connectivity index (χ1v) is 19.2. The average molecular weight is 679 g/mol. The standard InChI is InChI=1S/C53H42/c1-51(2)43-18-12-11-16-37(43)38-23-19-32(27-45(38)51)33-20-24-39-40-25-21-34(29-47(40)53(5,6)46(39)28-33)42-30-48-50(41-17-10-9-15-36(41)42)49-35-14-8-7-13-31(35)22-26-44(49)52(48,3)4/h7-30H,1-6H3. The normalized spacial score (nSPS) is 16.2. The van der Waals surface area contributed by atoms with Crippen molar-refractivity contribution in [2.75, 3.05) is 0 Å². The molecule has 0 spiro atoms. The molecule has 0 heteroatoms. The number of fused-ring (bicyclic) bond motifs is 13. The predicted octanol–water partition coefficient (Wildman–Crippen LogP) is 14.2. The summed E-state index contributed by atoms with van der Waals surface area (Å²) in [5, 5.41) is 5.31. The molecule has 11 rings (SSSR count). The summed E-state index contributed by atoms with van der Waals surface area (Å²) in [4.78, 5) is 0. The van der Waals surface area contributed by atoms with E-state index in [1.54, 1.807) is 0 Å². The summed E-state index contributed by atoms with van der Waals surface area (Å²) >= 11 is 0. The van der Waals surface area contributed by atoms with Crippen LogP contribution in [0.25, 0.3) is 77.2 Å². The van der Waals surface area contributed by atoms with E-state index in [-0.39, 0.29) is 16.2 Å². The molecular formula is C53H42. The molecule has 0 heterocycles. The first-order valence-electron chi connectivity index (χ1n) is 19.2. The van der Waals surface area contributed by atoms with Crippen molar-refractivity contribution in [1.29, 1.82) is 0 Å². The minimum atomic E-state index is -0.135. The molecule has 0 radical (unpaired) electrons. The highest BCUT2D eigenvalue weighted by atomic mass is 14.4. The van der Waals surface area contributed by atoms with Crippen LogP contribution in [0.5, 0.6) is 0 Å². The van der Waals surface area contributed by atoms with Gasteiger partial charge < -0.3 is 0 Å². The Balaban J connectivity index is 1.04. The van der Waals surface area contributed by atoms with Gasteiger partial charge >= 0.3 is 0 Å². The van der Waals surface area contributed by atoms with Gasteiger partial charge in [-0.05, 0) is 135 Å². The molecule has 0 atom stereocenters. The summed E-state index contributed by atoms with van der Waals surface area (Å²) < 4.78 is 0. The minimum absolute atomic E-state index is 0.0158. The third kappa shape index (κ3) is 3.97. The van der Waals surface area contributed by atoms with Crippen LogP contribution in [0.15, 0.2) is 146 Å². The smallest absolute Gasteiger partial charge is 0.0159 e. The van der Waals surface area contributed by atoms with Crippen LogP contribution in [0.3, 0.4) is 0 Å². The zero-order valence-electron chi connectivity index (χ0n) is 31.4. The molecule has 3 aliphatic rings. The Hall–Kier alpha value is -5.72. The molecule has 0 bridgehead atoms. The Morgan fingerprint density at radius 1 is 0.283 bits per heavy atom. The monoisotopic (exact) mass is 678 g/mol. The van der Waals surface area contributed by atoms with Gasteiger partial charge in [0.2, 0.25) is 0 Å². The van der Waals surface area contributed by atoms with E-state index in [9.17, 15) is 0 Å². The lowest BCUT2D eigenvalue weighted by Crippen LogP contribution is -2.16. The van der Waals surface area contributed by atoms with Crippen LogP contribution in [-0.2, 0) is 16.2 Å². The molecule has 0 N–H and O–H groups in total. The molecule has 0 fully saturated rings. The van der Waals surface area contributed by atoms with Crippen LogP contribution in [-0.4, -0.2) is 0 Å². The summed E-state index contributed by atoms with van der Waals surface area (Å²) in [6.45, 7) is 14.4. The zero-order valence-corrected chi connectivity index (χ0v) is 31.4. The highest BCUT2D eigenvalue weighted by Crippen LogP contribution is 2.57. The molecule has 3 aliphatic carbocycles. The second-order valence-corrected chi connectivity index (χ2v) is 17.3. The van der Waals surface area contributed by atoms with Crippen molar-refractivity contribution in [2.24, 2.45) is 0 Å². The number of hydrogen-bond acceptors (Lipinski definition) is 0. The van der Waals surface area contributed by atoms with E-state index in [0.717, 1.165) is 0 Å². The van der Waals surface area contributed by atoms with E-state index < -0.39 is 0 Å². The Morgan fingerprint density at radius 2 is 0.755 bits per heavy atom. The third-order valence-electron chi connectivity index (χ3n) is 13.5. The highest BCUT2D eigenvalue weighted by Gasteiger charge is 2.40. The van der Waals surface area contributed by atoms with Crippen molar-refractivity contribution < 1.29 is 0 Å². The van der Waals surface area contributed by atoms with Gasteiger partial charge in [-0.3, -0.25) is 0 Å². The molecular weight excluding hydrogens is 637 g/mol. The summed E-state index contributed by atoms with van der Waals surface area (Å²) in [6.07, 6.45) is 0. The highest BCUT2D eigenvalue weighted by molar-refractivity contribution is 6.14. The Morgan fingerprint density at radius 3 is 1.43 bits per heavy atom. The fraction of sp³-hybridized carbons (Fsp3) is 0.170. The van der Waals surface area contributed by atoms with Crippen LogP contribution < -0.4 is 0 Å². The lowest BCUT2D eigenvalue weighted by molar-refractivity contribution is 0.659. The summed E-state index contributed by atoms with van der Waals surface area (Å²) in [7, 11) is 0. The largest absolute Gasteiger partial charge is 0.0619 e. The predicted molar refractivity (Wildman–Crippen MR) is 225 cm³/mol. The van der Waals surface area contributed by atoms with Gasteiger partial charge in [-0.2, -0.15) is 0 Å². The molecule has 0 nitrogen and oxygen atoms in total. The van der Waals surface area contributed by atoms with E-state index >= 15 is 0 Å². The SMILES string of the molecule is CC1(C)c2ccccc2-c2ccc(-c3ccc4c(c3)C(C)(C)c3cc(-c5cc6c(c7ccccc57)-c5c(ccc7ccccc57)C6(C)C)ccc3-4)cc21. The molecule has 0 aliphatic heterocycles. The van der Waals surface area contributed by atoms with Gasteiger partial charge in [-0.1, -0.05) is 163 Å². The first kappa shape index (κ1) is 30.9. The van der Waals surface area contributed by atoms with Gasteiger partial charge in [0.25, 0.3) is 0 Å². The van der Waals surface area contributed by atoms with Crippen LogP contribution in [0.4, 0.5) is 0 Å². The molecule has 254 valence electrons. The fourth-order valence-corrected chi connectivity index (χ4v) is 10.6. The molecule has 8 aromatic rings. The molecule has 0 saturated heterocycles. The lowest BCUT2D eigenvalue weighted by Gasteiger charge is -2.24. The van der Waals surface area contributed by atoms with Gasteiger partial charge in [0.15, 0.2) is 0 Å². The van der Waals surface area contributed by atoms with Crippen molar-refractivity contribution in [3.05, 3.63) is 179 Å². The van der Waals surface area contributed by atoms with E-state index in [2.05, 4.69) is 187 Å². The number of hydrogen-bond donors (Lipinski definition) is 0. The molecule has 0 unspecified atom stereocenters. The Bertz CT molecular complexity index is 2910. The van der Waals surface area contributed by atoms with E-state index in [4.69, 9.17) is 0 Å². The van der Waals surface area contributed by atoms with E-state index in [0.29, 0.717) is 0 Å².